The average molecular weight is 341 g/mol. The molecule has 0 amide bonds. The molecule has 1 fully saturated rings. The summed E-state index contributed by atoms with van der Waals surface area (Å²) in [7, 11) is -3.47. The molecule has 0 aromatic heterocycles. The smallest absolute Gasteiger partial charge is 0.338 e. The Bertz CT molecular complexity index is 671. The monoisotopic (exact) mass is 341 g/mol. The number of rotatable bonds is 5. The van der Waals surface area contributed by atoms with Crippen molar-refractivity contribution in [1.82, 2.24) is 4.90 Å². The van der Waals surface area contributed by atoms with Gasteiger partial charge < -0.3 is 9.84 Å². The van der Waals surface area contributed by atoms with Gasteiger partial charge in [0.1, 0.15) is 0 Å². The molecule has 6 nitrogen and oxygen atoms in total. The van der Waals surface area contributed by atoms with Crippen molar-refractivity contribution in [3.63, 3.8) is 0 Å². The Morgan fingerprint density at radius 2 is 2.17 bits per heavy atom. The van der Waals surface area contributed by atoms with E-state index in [1.165, 1.54) is 6.07 Å². The first kappa shape index (κ1) is 17.9. The van der Waals surface area contributed by atoms with E-state index in [0.29, 0.717) is 18.7 Å². The highest BCUT2D eigenvalue weighted by atomic mass is 32.2. The average Bonchev–Trinajstić information content (AvgIpc) is 2.46. The normalized spacial score (nSPS) is 19.5. The van der Waals surface area contributed by atoms with Crippen LogP contribution in [0.5, 0.6) is 0 Å². The van der Waals surface area contributed by atoms with E-state index in [0.717, 1.165) is 25.6 Å². The maximum absolute atomic E-state index is 12.1. The van der Waals surface area contributed by atoms with Crippen molar-refractivity contribution in [2.75, 3.05) is 26.0 Å². The summed E-state index contributed by atoms with van der Waals surface area (Å²) in [5.74, 6) is -0.530. The number of sulfone groups is 1. The van der Waals surface area contributed by atoms with Gasteiger partial charge in [-0.15, -0.1) is 0 Å². The van der Waals surface area contributed by atoms with Gasteiger partial charge in [-0.05, 0) is 44.0 Å². The molecule has 0 radical (unpaired) electrons. The second-order valence-electron chi connectivity index (χ2n) is 5.85. The number of ether oxygens (including phenoxy) is 1. The number of nitrogens with zero attached hydrogens (tertiary/aromatic N) is 1. The molecule has 23 heavy (non-hydrogen) atoms. The first-order valence-corrected chi connectivity index (χ1v) is 9.61. The highest BCUT2D eigenvalue weighted by Gasteiger charge is 2.22. The molecule has 1 aliphatic heterocycles. The van der Waals surface area contributed by atoms with E-state index in [1.807, 2.05) is 4.90 Å². The second kappa shape index (κ2) is 7.42. The van der Waals surface area contributed by atoms with Crippen molar-refractivity contribution >= 4 is 15.8 Å². The molecule has 0 saturated carbocycles. The van der Waals surface area contributed by atoms with Gasteiger partial charge in [0.2, 0.25) is 0 Å². The predicted molar refractivity (Wildman–Crippen MR) is 86.0 cm³/mol. The zero-order valence-electron chi connectivity index (χ0n) is 13.5. The minimum Gasteiger partial charge on any atom is -0.462 e. The number of β-amino-alcohol motifs (C(OH)–C–C–N with tert-alkyl or cyclic N) is 1. The third kappa shape index (κ3) is 4.76. The number of carbonyl (C=O) groups excluding carboxylic acids is 1. The number of aliphatic hydroxyl groups excluding tert-OH is 1. The maximum Gasteiger partial charge on any atom is 0.338 e. The molecule has 1 N–H and O–H groups in total. The summed E-state index contributed by atoms with van der Waals surface area (Å²) in [5, 5.41) is 9.74. The van der Waals surface area contributed by atoms with E-state index >= 15 is 0 Å². The minimum absolute atomic E-state index is 0.142. The number of hydrogen-bond donors (Lipinski definition) is 1. The second-order valence-corrected chi connectivity index (χ2v) is 7.83. The van der Waals surface area contributed by atoms with Crippen LogP contribution in [0.3, 0.4) is 0 Å². The first-order chi connectivity index (χ1) is 10.8. The zero-order valence-corrected chi connectivity index (χ0v) is 14.3. The molecule has 1 atom stereocenters. The molecule has 128 valence electrons. The summed E-state index contributed by atoms with van der Waals surface area (Å²) in [4.78, 5) is 14.0. The maximum atomic E-state index is 12.1. The van der Waals surface area contributed by atoms with Gasteiger partial charge in [-0.1, -0.05) is 6.07 Å². The lowest BCUT2D eigenvalue weighted by Gasteiger charge is -2.30. The van der Waals surface area contributed by atoms with Gasteiger partial charge in [0, 0.05) is 19.3 Å². The van der Waals surface area contributed by atoms with Gasteiger partial charge >= 0.3 is 5.97 Å². The Morgan fingerprint density at radius 1 is 1.43 bits per heavy atom. The summed E-state index contributed by atoms with van der Waals surface area (Å²) in [6, 6.07) is 4.62. The molecule has 1 aromatic rings. The molecule has 7 heteroatoms. The molecule has 1 saturated heterocycles. The van der Waals surface area contributed by atoms with Crippen molar-refractivity contribution in [3.8, 4) is 0 Å². The van der Waals surface area contributed by atoms with Gasteiger partial charge in [0.05, 0.1) is 23.2 Å². The van der Waals surface area contributed by atoms with E-state index in [-0.39, 0.29) is 23.2 Å². The fourth-order valence-electron chi connectivity index (χ4n) is 2.79. The van der Waals surface area contributed by atoms with Gasteiger partial charge in [0.15, 0.2) is 9.84 Å². The highest BCUT2D eigenvalue weighted by molar-refractivity contribution is 7.90. The molecule has 1 aliphatic rings. The van der Waals surface area contributed by atoms with Crippen LogP contribution in [0.15, 0.2) is 23.1 Å². The number of carbonyl (C=O) groups is 1. The van der Waals surface area contributed by atoms with E-state index in [4.69, 9.17) is 4.74 Å². The highest BCUT2D eigenvalue weighted by Crippen LogP contribution is 2.22. The molecule has 0 bridgehead atoms. The summed E-state index contributed by atoms with van der Waals surface area (Å²) in [6.07, 6.45) is 2.42. The van der Waals surface area contributed by atoms with E-state index in [2.05, 4.69) is 0 Å². The van der Waals surface area contributed by atoms with E-state index < -0.39 is 15.8 Å². The molecule has 0 aliphatic carbocycles. The van der Waals surface area contributed by atoms with Crippen LogP contribution in [0.25, 0.3) is 0 Å². The van der Waals surface area contributed by atoms with Crippen molar-refractivity contribution in [3.05, 3.63) is 29.3 Å². The summed E-state index contributed by atoms with van der Waals surface area (Å²) in [5.41, 5.74) is 0.865. The number of esters is 1. The van der Waals surface area contributed by atoms with Crippen molar-refractivity contribution in [1.29, 1.82) is 0 Å². The van der Waals surface area contributed by atoms with Crippen molar-refractivity contribution in [2.45, 2.75) is 37.3 Å². The van der Waals surface area contributed by atoms with Gasteiger partial charge in [0.25, 0.3) is 0 Å². The topological polar surface area (TPSA) is 83.9 Å². The number of aliphatic hydroxyl groups is 1. The molecular formula is C16H23NO5S. The molecule has 1 aromatic carbocycles. The van der Waals surface area contributed by atoms with Crippen molar-refractivity contribution < 1.29 is 23.1 Å². The number of hydrogen-bond acceptors (Lipinski definition) is 6. The number of likely N-dealkylation sites (tertiary alicyclic amines) is 1. The fourth-order valence-corrected chi connectivity index (χ4v) is 3.74. The van der Waals surface area contributed by atoms with Crippen LogP contribution in [0, 0.1) is 0 Å². The van der Waals surface area contributed by atoms with E-state index in [9.17, 15) is 18.3 Å². The zero-order chi connectivity index (χ0) is 17.0. The van der Waals surface area contributed by atoms with Crippen molar-refractivity contribution in [2.24, 2.45) is 0 Å². The first-order valence-electron chi connectivity index (χ1n) is 7.71. The minimum atomic E-state index is -3.47. The molecular weight excluding hydrogens is 318 g/mol. The van der Waals surface area contributed by atoms with Crippen LogP contribution in [0.1, 0.15) is 35.7 Å². The van der Waals surface area contributed by atoms with Crippen LogP contribution in [-0.2, 0) is 21.1 Å². The molecule has 0 spiro atoms. The molecule has 2 rings (SSSR count). The van der Waals surface area contributed by atoms with Crippen LogP contribution in [-0.4, -0.2) is 56.4 Å². The Morgan fingerprint density at radius 3 is 2.78 bits per heavy atom. The van der Waals surface area contributed by atoms with Crippen LogP contribution >= 0.6 is 0 Å². The lowest BCUT2D eigenvalue weighted by atomic mass is 10.1. The van der Waals surface area contributed by atoms with Gasteiger partial charge in [-0.3, -0.25) is 4.90 Å². The van der Waals surface area contributed by atoms with Crippen LogP contribution in [0.2, 0.25) is 0 Å². The Balaban J connectivity index is 2.30. The summed E-state index contributed by atoms with van der Waals surface area (Å²) in [6.45, 7) is 3.72. The summed E-state index contributed by atoms with van der Waals surface area (Å²) < 4.78 is 29.1. The standard InChI is InChI=1S/C16H23NO5S/c1-3-22-16(19)12-6-7-13(15(9-12)23(2,20)21)10-17-8-4-5-14(18)11-17/h6-7,9,14,18H,3-5,8,10-11H2,1-2H3. The third-order valence-electron chi connectivity index (χ3n) is 3.85. The third-order valence-corrected chi connectivity index (χ3v) is 5.03. The van der Waals surface area contributed by atoms with Gasteiger partial charge in [-0.2, -0.15) is 0 Å². The number of benzene rings is 1. The van der Waals surface area contributed by atoms with Crippen LogP contribution in [0.4, 0.5) is 0 Å². The Labute approximate surface area is 137 Å². The number of piperidine rings is 1. The quantitative estimate of drug-likeness (QED) is 0.811. The lowest BCUT2D eigenvalue weighted by molar-refractivity contribution is 0.0526. The van der Waals surface area contributed by atoms with E-state index in [1.54, 1.807) is 19.1 Å². The largest absolute Gasteiger partial charge is 0.462 e. The predicted octanol–water partition coefficient (Wildman–Crippen LogP) is 1.22. The molecule has 1 unspecified atom stereocenters. The Hall–Kier alpha value is -1.44. The lowest BCUT2D eigenvalue weighted by Crippen LogP contribution is -2.37. The Kier molecular flexibility index (Phi) is 5.78. The van der Waals surface area contributed by atoms with Crippen LogP contribution < -0.4 is 0 Å². The summed E-state index contributed by atoms with van der Waals surface area (Å²) >= 11 is 0. The van der Waals surface area contributed by atoms with Gasteiger partial charge in [-0.25, -0.2) is 13.2 Å². The SMILES string of the molecule is CCOC(=O)c1ccc(CN2CCCC(O)C2)c(S(C)(=O)=O)c1. The fraction of sp³-hybridized carbons (Fsp3) is 0.562. The molecule has 1 heterocycles.